The Kier molecular flexibility index (Phi) is 8.56. The molecule has 1 unspecified atom stereocenters. The first-order valence-corrected chi connectivity index (χ1v) is 10.5. The summed E-state index contributed by atoms with van der Waals surface area (Å²) >= 11 is 0. The molecule has 0 radical (unpaired) electrons. The van der Waals surface area contributed by atoms with E-state index in [0.29, 0.717) is 6.54 Å². The first kappa shape index (κ1) is 22.5. The van der Waals surface area contributed by atoms with Crippen LogP contribution in [-0.4, -0.2) is 21.9 Å². The molecule has 0 bridgehead atoms. The van der Waals surface area contributed by atoms with E-state index in [4.69, 9.17) is 4.74 Å². The number of halogens is 1. The smallest absolute Gasteiger partial charge is 0.168 e. The van der Waals surface area contributed by atoms with E-state index in [-0.39, 0.29) is 24.1 Å². The molecule has 0 saturated heterocycles. The Morgan fingerprint density at radius 1 is 1.18 bits per heavy atom. The number of carbonyl (C=O) groups is 1. The van der Waals surface area contributed by atoms with Crippen molar-refractivity contribution in [1.29, 1.82) is 0 Å². The number of ether oxygens (including phenoxy) is 1. The summed E-state index contributed by atoms with van der Waals surface area (Å²) < 4.78 is 8.10. The van der Waals surface area contributed by atoms with E-state index in [1.165, 1.54) is 17.5 Å². The fraction of sp³-hybridized carbons (Fsp3) is 0.565. The summed E-state index contributed by atoms with van der Waals surface area (Å²) in [6.45, 7) is 7.78. The molecule has 1 aliphatic carbocycles. The molecular formula is C23H33ClN2O2. The van der Waals surface area contributed by atoms with Crippen LogP contribution in [0.15, 0.2) is 24.5 Å². The lowest BCUT2D eigenvalue weighted by atomic mass is 9.83. The Labute approximate surface area is 175 Å². The summed E-state index contributed by atoms with van der Waals surface area (Å²) in [5, 5.41) is 0. The minimum absolute atomic E-state index is 0. The van der Waals surface area contributed by atoms with E-state index in [1.807, 2.05) is 24.5 Å². The fourth-order valence-electron chi connectivity index (χ4n) is 4.09. The van der Waals surface area contributed by atoms with Gasteiger partial charge >= 0.3 is 0 Å². The van der Waals surface area contributed by atoms with Gasteiger partial charge in [0.1, 0.15) is 11.6 Å². The predicted octanol–water partition coefficient (Wildman–Crippen LogP) is 5.44. The molecule has 0 aliphatic heterocycles. The van der Waals surface area contributed by atoms with Crippen molar-refractivity contribution in [3.05, 3.63) is 47.0 Å². The third-order valence-electron chi connectivity index (χ3n) is 5.62. The number of Topliss-reactive ketones (excluding diaryl/α,β-unsaturated/α-hetero) is 1. The molecule has 1 heterocycles. The van der Waals surface area contributed by atoms with Crippen molar-refractivity contribution in [2.45, 2.75) is 72.3 Å². The van der Waals surface area contributed by atoms with E-state index >= 15 is 0 Å². The standard InChI is InChI=1S/C23H32N2O2.ClH/c1-4-15-27-21-12-11-20(18-9-7-8-10-19(18)21)23(26)17(5-2)16-25-14-13-24-22(25)6-3;/h11-14,17H,4-10,15-16H2,1-3H3;1H. The van der Waals surface area contributed by atoms with E-state index < -0.39 is 0 Å². The van der Waals surface area contributed by atoms with Crippen molar-refractivity contribution < 1.29 is 9.53 Å². The second-order valence-corrected chi connectivity index (χ2v) is 7.44. The Balaban J connectivity index is 0.00000280. The molecule has 5 heteroatoms. The van der Waals surface area contributed by atoms with E-state index in [1.54, 1.807) is 0 Å². The van der Waals surface area contributed by atoms with Gasteiger partial charge in [0.2, 0.25) is 0 Å². The molecule has 1 aliphatic rings. The summed E-state index contributed by atoms with van der Waals surface area (Å²) in [5.41, 5.74) is 3.42. The Bertz CT molecular complexity index is 785. The number of aryl methyl sites for hydroxylation is 1. The number of ketones is 1. The molecule has 3 rings (SSSR count). The van der Waals surface area contributed by atoms with Crippen molar-refractivity contribution in [2.75, 3.05) is 6.61 Å². The zero-order valence-electron chi connectivity index (χ0n) is 17.4. The average Bonchev–Trinajstić information content (AvgIpc) is 3.16. The summed E-state index contributed by atoms with van der Waals surface area (Å²) in [4.78, 5) is 17.8. The van der Waals surface area contributed by atoms with Crippen LogP contribution in [0.1, 0.15) is 73.8 Å². The first-order valence-electron chi connectivity index (χ1n) is 10.5. The van der Waals surface area contributed by atoms with Crippen LogP contribution in [0.3, 0.4) is 0 Å². The maximum Gasteiger partial charge on any atom is 0.168 e. The van der Waals surface area contributed by atoms with Crippen molar-refractivity contribution in [3.8, 4) is 5.75 Å². The number of hydrogen-bond donors (Lipinski definition) is 0. The van der Waals surface area contributed by atoms with Crippen LogP contribution in [0.2, 0.25) is 0 Å². The number of nitrogens with zero attached hydrogens (tertiary/aromatic N) is 2. The first-order chi connectivity index (χ1) is 13.2. The molecule has 1 atom stereocenters. The highest BCUT2D eigenvalue weighted by Gasteiger charge is 2.26. The summed E-state index contributed by atoms with van der Waals surface area (Å²) in [6.07, 6.45) is 10.9. The quantitative estimate of drug-likeness (QED) is 0.522. The molecule has 0 N–H and O–H groups in total. The number of benzene rings is 1. The van der Waals surface area contributed by atoms with Gasteiger partial charge < -0.3 is 9.30 Å². The van der Waals surface area contributed by atoms with Gasteiger partial charge in [-0.05, 0) is 61.8 Å². The zero-order valence-corrected chi connectivity index (χ0v) is 18.2. The highest BCUT2D eigenvalue weighted by molar-refractivity contribution is 5.99. The molecule has 1 aromatic carbocycles. The number of carbonyl (C=O) groups excluding carboxylic acids is 1. The van der Waals surface area contributed by atoms with E-state index in [9.17, 15) is 4.79 Å². The average molecular weight is 405 g/mol. The van der Waals surface area contributed by atoms with Gasteiger partial charge in [-0.15, -0.1) is 12.4 Å². The van der Waals surface area contributed by atoms with Crippen LogP contribution >= 0.6 is 12.4 Å². The molecule has 0 spiro atoms. The monoisotopic (exact) mass is 404 g/mol. The lowest BCUT2D eigenvalue weighted by Gasteiger charge is -2.24. The maximum absolute atomic E-state index is 13.4. The summed E-state index contributed by atoms with van der Waals surface area (Å²) in [7, 11) is 0. The van der Waals surface area contributed by atoms with Gasteiger partial charge in [-0.25, -0.2) is 4.98 Å². The minimum atomic E-state index is -0.0158. The Hall–Kier alpha value is -1.81. The maximum atomic E-state index is 13.4. The fourth-order valence-corrected chi connectivity index (χ4v) is 4.09. The van der Waals surface area contributed by atoms with Crippen LogP contribution in [0.25, 0.3) is 0 Å². The molecule has 1 aromatic heterocycles. The molecule has 28 heavy (non-hydrogen) atoms. The van der Waals surface area contributed by atoms with Crippen LogP contribution in [0, 0.1) is 5.92 Å². The van der Waals surface area contributed by atoms with Crippen LogP contribution in [0.4, 0.5) is 0 Å². The molecule has 0 amide bonds. The topological polar surface area (TPSA) is 44.1 Å². The molecule has 154 valence electrons. The lowest BCUT2D eigenvalue weighted by molar-refractivity contribution is 0.0901. The number of rotatable bonds is 9. The second kappa shape index (κ2) is 10.7. The van der Waals surface area contributed by atoms with Gasteiger partial charge in [0.05, 0.1) is 6.61 Å². The van der Waals surface area contributed by atoms with Crippen molar-refractivity contribution in [1.82, 2.24) is 9.55 Å². The van der Waals surface area contributed by atoms with Crippen molar-refractivity contribution >= 4 is 18.2 Å². The third kappa shape index (κ3) is 4.78. The largest absolute Gasteiger partial charge is 0.493 e. The number of fused-ring (bicyclic) bond motifs is 1. The third-order valence-corrected chi connectivity index (χ3v) is 5.62. The van der Waals surface area contributed by atoms with Crippen LogP contribution in [-0.2, 0) is 25.8 Å². The van der Waals surface area contributed by atoms with Gasteiger partial charge in [0, 0.05) is 36.8 Å². The van der Waals surface area contributed by atoms with E-state index in [0.717, 1.165) is 62.3 Å². The molecule has 0 fully saturated rings. The van der Waals surface area contributed by atoms with Gasteiger partial charge in [0.15, 0.2) is 5.78 Å². The molecule has 2 aromatic rings. The second-order valence-electron chi connectivity index (χ2n) is 7.44. The number of hydrogen-bond acceptors (Lipinski definition) is 3. The van der Waals surface area contributed by atoms with Crippen LogP contribution < -0.4 is 4.74 Å². The Morgan fingerprint density at radius 2 is 1.93 bits per heavy atom. The molecular weight excluding hydrogens is 372 g/mol. The zero-order chi connectivity index (χ0) is 19.2. The van der Waals surface area contributed by atoms with Crippen molar-refractivity contribution in [3.63, 3.8) is 0 Å². The lowest BCUT2D eigenvalue weighted by Crippen LogP contribution is -2.23. The summed E-state index contributed by atoms with van der Waals surface area (Å²) in [6, 6.07) is 4.03. The molecule has 4 nitrogen and oxygen atoms in total. The highest BCUT2D eigenvalue weighted by atomic mass is 35.5. The number of aromatic nitrogens is 2. The SMILES string of the molecule is CCCOc1ccc(C(=O)C(CC)Cn2ccnc2CC)c2c1CCCC2.Cl. The number of imidazole rings is 1. The molecule has 0 saturated carbocycles. The van der Waals surface area contributed by atoms with Gasteiger partial charge in [-0.3, -0.25) is 4.79 Å². The van der Waals surface area contributed by atoms with Gasteiger partial charge in [-0.2, -0.15) is 0 Å². The Morgan fingerprint density at radius 3 is 2.61 bits per heavy atom. The van der Waals surface area contributed by atoms with Crippen LogP contribution in [0.5, 0.6) is 5.75 Å². The normalized spacial score (nSPS) is 14.1. The van der Waals surface area contributed by atoms with Gasteiger partial charge in [0.25, 0.3) is 0 Å². The van der Waals surface area contributed by atoms with E-state index in [2.05, 4.69) is 30.3 Å². The predicted molar refractivity (Wildman–Crippen MR) is 116 cm³/mol. The van der Waals surface area contributed by atoms with Gasteiger partial charge in [-0.1, -0.05) is 20.8 Å². The minimum Gasteiger partial charge on any atom is -0.493 e. The summed E-state index contributed by atoms with van der Waals surface area (Å²) in [5.74, 6) is 2.29. The van der Waals surface area contributed by atoms with Crippen molar-refractivity contribution in [2.24, 2.45) is 5.92 Å². The highest BCUT2D eigenvalue weighted by Crippen LogP contribution is 2.34.